The summed E-state index contributed by atoms with van der Waals surface area (Å²) in [6.07, 6.45) is 1.53. The van der Waals surface area contributed by atoms with Gasteiger partial charge in [-0.05, 0) is 46.5 Å². The van der Waals surface area contributed by atoms with E-state index in [1.807, 2.05) is 18.2 Å². The number of methoxy groups -OCH3 is 2. The van der Waals surface area contributed by atoms with Gasteiger partial charge in [-0.3, -0.25) is 4.79 Å². The summed E-state index contributed by atoms with van der Waals surface area (Å²) in [6, 6.07) is 5.62. The van der Waals surface area contributed by atoms with Crippen molar-refractivity contribution in [2.45, 2.75) is 25.3 Å². The number of ether oxygens (including phenoxy) is 2. The summed E-state index contributed by atoms with van der Waals surface area (Å²) in [7, 11) is 3.19. The molecular formula is C15H22BrNO4. The van der Waals surface area contributed by atoms with Crippen molar-refractivity contribution in [2.24, 2.45) is 0 Å². The summed E-state index contributed by atoms with van der Waals surface area (Å²) in [5, 5.41) is 11.8. The number of hydrogen-bond acceptors (Lipinski definition) is 4. The number of rotatable bonds is 9. The van der Waals surface area contributed by atoms with Gasteiger partial charge in [-0.2, -0.15) is 0 Å². The monoisotopic (exact) mass is 359 g/mol. The molecule has 1 amide bonds. The molecule has 0 aliphatic heterocycles. The maximum atomic E-state index is 11.9. The van der Waals surface area contributed by atoms with Crippen molar-refractivity contribution in [1.29, 1.82) is 0 Å². The molecule has 0 aromatic heterocycles. The minimum atomic E-state index is -0.143. The van der Waals surface area contributed by atoms with Gasteiger partial charge >= 0.3 is 0 Å². The number of benzene rings is 1. The van der Waals surface area contributed by atoms with Gasteiger partial charge in [0.15, 0.2) is 0 Å². The zero-order valence-electron chi connectivity index (χ0n) is 12.4. The van der Waals surface area contributed by atoms with E-state index in [0.29, 0.717) is 25.9 Å². The fourth-order valence-corrected chi connectivity index (χ4v) is 2.57. The number of aliphatic hydroxyl groups excluding tert-OH is 1. The predicted octanol–water partition coefficient (Wildman–Crippen LogP) is 1.90. The maximum Gasteiger partial charge on any atom is 0.220 e. The summed E-state index contributed by atoms with van der Waals surface area (Å²) >= 11 is 3.43. The molecule has 0 aliphatic rings. The standard InChI is InChI=1S/C15H22BrNO4/c1-20-10-12(7-8-18)17-15(19)6-4-11-3-5-14(21-2)13(16)9-11/h3,5,9,12,18H,4,6-8,10H2,1-2H3,(H,17,19). The third-order valence-corrected chi connectivity index (χ3v) is 3.69. The lowest BCUT2D eigenvalue weighted by molar-refractivity contribution is -0.122. The van der Waals surface area contributed by atoms with Crippen LogP contribution in [0.5, 0.6) is 5.75 Å². The Morgan fingerprint density at radius 2 is 2.19 bits per heavy atom. The Morgan fingerprint density at radius 1 is 1.43 bits per heavy atom. The first kappa shape index (κ1) is 17.9. The second-order valence-corrected chi connectivity index (χ2v) is 5.56. The topological polar surface area (TPSA) is 67.8 Å². The van der Waals surface area contributed by atoms with Gasteiger partial charge in [0.25, 0.3) is 0 Å². The molecule has 0 radical (unpaired) electrons. The molecule has 0 bridgehead atoms. The minimum absolute atomic E-state index is 0.0275. The van der Waals surface area contributed by atoms with E-state index >= 15 is 0 Å². The van der Waals surface area contributed by atoms with Gasteiger partial charge in [-0.25, -0.2) is 0 Å². The molecule has 0 aliphatic carbocycles. The van der Waals surface area contributed by atoms with E-state index in [1.165, 1.54) is 0 Å². The van der Waals surface area contributed by atoms with Crippen molar-refractivity contribution >= 4 is 21.8 Å². The number of aryl methyl sites for hydroxylation is 1. The number of nitrogens with one attached hydrogen (secondary N) is 1. The quantitative estimate of drug-likeness (QED) is 0.706. The Morgan fingerprint density at radius 3 is 2.76 bits per heavy atom. The number of carbonyl (C=O) groups is 1. The average molecular weight is 360 g/mol. The Kier molecular flexibility index (Phi) is 8.34. The van der Waals surface area contributed by atoms with E-state index < -0.39 is 0 Å². The summed E-state index contributed by atoms with van der Waals surface area (Å²) in [5.74, 6) is 0.726. The smallest absolute Gasteiger partial charge is 0.220 e. The Bertz CT molecular complexity index is 447. The summed E-state index contributed by atoms with van der Waals surface area (Å²) in [6.45, 7) is 0.431. The van der Waals surface area contributed by atoms with Crippen molar-refractivity contribution in [1.82, 2.24) is 5.32 Å². The third kappa shape index (κ3) is 6.46. The van der Waals surface area contributed by atoms with Crippen LogP contribution in [0.15, 0.2) is 22.7 Å². The number of aliphatic hydroxyl groups is 1. The molecule has 21 heavy (non-hydrogen) atoms. The first-order chi connectivity index (χ1) is 10.1. The van der Waals surface area contributed by atoms with E-state index in [-0.39, 0.29) is 18.6 Å². The molecule has 0 saturated carbocycles. The predicted molar refractivity (Wildman–Crippen MR) is 84.5 cm³/mol. The molecule has 2 N–H and O–H groups in total. The van der Waals surface area contributed by atoms with Crippen molar-refractivity contribution in [2.75, 3.05) is 27.4 Å². The van der Waals surface area contributed by atoms with E-state index in [9.17, 15) is 4.79 Å². The lowest BCUT2D eigenvalue weighted by Crippen LogP contribution is -2.38. The molecule has 118 valence electrons. The lowest BCUT2D eigenvalue weighted by atomic mass is 10.1. The molecule has 1 atom stereocenters. The molecule has 1 rings (SSSR count). The highest BCUT2D eigenvalue weighted by Gasteiger charge is 2.12. The zero-order chi connectivity index (χ0) is 15.7. The van der Waals surface area contributed by atoms with Crippen molar-refractivity contribution in [3.63, 3.8) is 0 Å². The Labute approximate surface area is 133 Å². The Hall–Kier alpha value is -1.11. The second kappa shape index (κ2) is 9.76. The fraction of sp³-hybridized carbons (Fsp3) is 0.533. The summed E-state index contributed by atoms with van der Waals surface area (Å²) in [5.41, 5.74) is 1.06. The molecule has 5 nitrogen and oxygen atoms in total. The minimum Gasteiger partial charge on any atom is -0.496 e. The summed E-state index contributed by atoms with van der Waals surface area (Å²) in [4.78, 5) is 11.9. The normalized spacial score (nSPS) is 12.0. The van der Waals surface area contributed by atoms with Crippen LogP contribution in [0.25, 0.3) is 0 Å². The SMILES string of the molecule is COCC(CCO)NC(=O)CCc1ccc(OC)c(Br)c1. The van der Waals surface area contributed by atoms with E-state index in [4.69, 9.17) is 14.6 Å². The van der Waals surface area contributed by atoms with Crippen molar-refractivity contribution in [3.05, 3.63) is 28.2 Å². The zero-order valence-corrected chi connectivity index (χ0v) is 14.0. The van der Waals surface area contributed by atoms with E-state index in [1.54, 1.807) is 14.2 Å². The van der Waals surface area contributed by atoms with Crippen LogP contribution in [0.3, 0.4) is 0 Å². The van der Waals surface area contributed by atoms with Crippen LogP contribution in [-0.4, -0.2) is 44.5 Å². The highest BCUT2D eigenvalue weighted by atomic mass is 79.9. The van der Waals surface area contributed by atoms with Crippen LogP contribution in [-0.2, 0) is 16.0 Å². The Balaban J connectivity index is 2.46. The second-order valence-electron chi connectivity index (χ2n) is 4.70. The molecule has 1 aromatic rings. The van der Waals surface area contributed by atoms with Gasteiger partial charge in [0.05, 0.1) is 24.2 Å². The van der Waals surface area contributed by atoms with Gasteiger partial charge in [0, 0.05) is 20.1 Å². The molecule has 1 aromatic carbocycles. The largest absolute Gasteiger partial charge is 0.496 e. The highest BCUT2D eigenvalue weighted by Crippen LogP contribution is 2.25. The van der Waals surface area contributed by atoms with Gasteiger partial charge < -0.3 is 19.9 Å². The number of hydrogen-bond donors (Lipinski definition) is 2. The van der Waals surface area contributed by atoms with Crippen LogP contribution in [0.1, 0.15) is 18.4 Å². The van der Waals surface area contributed by atoms with Crippen LogP contribution in [0.4, 0.5) is 0 Å². The summed E-state index contributed by atoms with van der Waals surface area (Å²) < 4.78 is 11.1. The number of amides is 1. The maximum absolute atomic E-state index is 11.9. The number of carbonyl (C=O) groups excluding carboxylic acids is 1. The molecule has 0 fully saturated rings. The van der Waals surface area contributed by atoms with Crippen LogP contribution < -0.4 is 10.1 Å². The van der Waals surface area contributed by atoms with Crippen molar-refractivity contribution in [3.8, 4) is 5.75 Å². The van der Waals surface area contributed by atoms with Crippen LogP contribution in [0.2, 0.25) is 0 Å². The van der Waals surface area contributed by atoms with Gasteiger partial charge in [-0.1, -0.05) is 6.07 Å². The molecule has 0 heterocycles. The van der Waals surface area contributed by atoms with Crippen LogP contribution in [0, 0.1) is 0 Å². The first-order valence-corrected chi connectivity index (χ1v) is 7.61. The molecule has 6 heteroatoms. The molecule has 0 saturated heterocycles. The fourth-order valence-electron chi connectivity index (χ4n) is 1.98. The lowest BCUT2D eigenvalue weighted by Gasteiger charge is -2.16. The van der Waals surface area contributed by atoms with Gasteiger partial charge in [0.1, 0.15) is 5.75 Å². The average Bonchev–Trinajstić information content (AvgIpc) is 2.46. The molecular weight excluding hydrogens is 338 g/mol. The third-order valence-electron chi connectivity index (χ3n) is 3.07. The highest BCUT2D eigenvalue weighted by molar-refractivity contribution is 9.10. The van der Waals surface area contributed by atoms with Crippen molar-refractivity contribution < 1.29 is 19.4 Å². The molecule has 1 unspecified atom stereocenters. The van der Waals surface area contributed by atoms with Crippen LogP contribution >= 0.6 is 15.9 Å². The number of halogens is 1. The van der Waals surface area contributed by atoms with Gasteiger partial charge in [0.2, 0.25) is 5.91 Å². The van der Waals surface area contributed by atoms with E-state index in [2.05, 4.69) is 21.2 Å². The van der Waals surface area contributed by atoms with Gasteiger partial charge in [-0.15, -0.1) is 0 Å². The first-order valence-electron chi connectivity index (χ1n) is 6.82. The van der Waals surface area contributed by atoms with E-state index in [0.717, 1.165) is 15.8 Å². The molecule has 0 spiro atoms.